The molecular weight excluding hydrogens is 248 g/mol. The van der Waals surface area contributed by atoms with Gasteiger partial charge in [-0.2, -0.15) is 0 Å². The number of hydrogen-bond donors (Lipinski definition) is 2. The van der Waals surface area contributed by atoms with Gasteiger partial charge >= 0.3 is 0 Å². The van der Waals surface area contributed by atoms with E-state index in [1.807, 2.05) is 0 Å². The average Bonchev–Trinajstić information content (AvgIpc) is 3.04. The number of piperidine rings is 1. The Morgan fingerprint density at radius 1 is 1.47 bits per heavy atom. The maximum atomic E-state index is 12.3. The Morgan fingerprint density at radius 3 is 3.00 bits per heavy atom. The summed E-state index contributed by atoms with van der Waals surface area (Å²) in [7, 11) is 0. The molecule has 2 atom stereocenters. The van der Waals surface area contributed by atoms with Gasteiger partial charge in [-0.3, -0.25) is 14.9 Å². The number of aromatic nitrogens is 1. The zero-order chi connectivity index (χ0) is 13.4. The average molecular weight is 264 g/mol. The maximum absolute atomic E-state index is 12.3. The molecule has 2 saturated heterocycles. The van der Waals surface area contributed by atoms with Crippen LogP contribution in [0.1, 0.15) is 23.3 Å². The van der Waals surface area contributed by atoms with E-state index in [-0.39, 0.29) is 11.6 Å². The second-order valence-electron chi connectivity index (χ2n) is 5.20. The first-order valence-electron chi connectivity index (χ1n) is 6.50. The van der Waals surface area contributed by atoms with Crippen LogP contribution in [0.15, 0.2) is 12.3 Å². The van der Waals surface area contributed by atoms with E-state index in [1.54, 1.807) is 4.90 Å². The van der Waals surface area contributed by atoms with E-state index in [4.69, 9.17) is 0 Å². The van der Waals surface area contributed by atoms with Gasteiger partial charge < -0.3 is 15.2 Å². The van der Waals surface area contributed by atoms with Crippen LogP contribution in [-0.4, -0.2) is 46.4 Å². The molecular formula is C12H16N4O3. The molecule has 0 aliphatic carbocycles. The number of fused-ring (bicyclic) bond motifs is 1. The zero-order valence-corrected chi connectivity index (χ0v) is 10.5. The van der Waals surface area contributed by atoms with Gasteiger partial charge in [-0.05, 0) is 25.3 Å². The number of H-pyrrole nitrogens is 1. The Bertz CT molecular complexity index is 499. The van der Waals surface area contributed by atoms with Crippen LogP contribution in [0.2, 0.25) is 0 Å². The normalized spacial score (nSPS) is 26.2. The summed E-state index contributed by atoms with van der Waals surface area (Å²) in [6.45, 7) is 2.44. The van der Waals surface area contributed by atoms with Crippen LogP contribution < -0.4 is 5.32 Å². The molecule has 0 radical (unpaired) electrons. The van der Waals surface area contributed by atoms with Gasteiger partial charge in [0.15, 0.2) is 0 Å². The van der Waals surface area contributed by atoms with Crippen LogP contribution in [0.5, 0.6) is 0 Å². The van der Waals surface area contributed by atoms with Gasteiger partial charge in [0.05, 0.1) is 11.1 Å². The first-order valence-corrected chi connectivity index (χ1v) is 6.50. The van der Waals surface area contributed by atoms with Crippen molar-refractivity contribution in [3.63, 3.8) is 0 Å². The molecule has 2 N–H and O–H groups in total. The van der Waals surface area contributed by atoms with E-state index < -0.39 is 4.92 Å². The molecule has 1 aromatic heterocycles. The highest BCUT2D eigenvalue weighted by Crippen LogP contribution is 2.26. The number of aromatic amines is 1. The summed E-state index contributed by atoms with van der Waals surface area (Å²) in [6, 6.07) is 1.68. The molecule has 3 heterocycles. The number of rotatable bonds is 2. The highest BCUT2D eigenvalue weighted by Gasteiger charge is 2.37. The molecule has 3 rings (SSSR count). The Morgan fingerprint density at radius 2 is 2.32 bits per heavy atom. The number of carbonyl (C=O) groups is 1. The number of amides is 1. The molecule has 1 amide bonds. The van der Waals surface area contributed by atoms with Gasteiger partial charge in [-0.15, -0.1) is 0 Å². The Balaban J connectivity index is 1.71. The Labute approximate surface area is 110 Å². The maximum Gasteiger partial charge on any atom is 0.287 e. The fourth-order valence-corrected chi connectivity index (χ4v) is 2.99. The number of carbonyl (C=O) groups excluding carboxylic acids is 1. The minimum absolute atomic E-state index is 0.0712. The third kappa shape index (κ3) is 2.21. The summed E-state index contributed by atoms with van der Waals surface area (Å²) in [5.74, 6) is 0.368. The summed E-state index contributed by atoms with van der Waals surface area (Å²) in [4.78, 5) is 26.9. The topological polar surface area (TPSA) is 91.3 Å². The number of nitrogens with zero attached hydrogens (tertiary/aromatic N) is 2. The summed E-state index contributed by atoms with van der Waals surface area (Å²) < 4.78 is 0. The van der Waals surface area contributed by atoms with Crippen molar-refractivity contribution < 1.29 is 9.72 Å². The van der Waals surface area contributed by atoms with Crippen molar-refractivity contribution in [1.29, 1.82) is 0 Å². The van der Waals surface area contributed by atoms with Crippen LogP contribution in [0.25, 0.3) is 0 Å². The van der Waals surface area contributed by atoms with Crippen LogP contribution in [0, 0.1) is 16.0 Å². The molecule has 2 aliphatic rings. The molecule has 1 aromatic rings. The van der Waals surface area contributed by atoms with E-state index in [0.717, 1.165) is 25.9 Å². The number of likely N-dealkylation sites (tertiary alicyclic amines) is 1. The highest BCUT2D eigenvalue weighted by molar-refractivity contribution is 5.93. The lowest BCUT2D eigenvalue weighted by atomic mass is 9.94. The van der Waals surface area contributed by atoms with Crippen molar-refractivity contribution >= 4 is 11.6 Å². The lowest BCUT2D eigenvalue weighted by Gasteiger charge is -2.24. The van der Waals surface area contributed by atoms with Crippen molar-refractivity contribution in [2.24, 2.45) is 5.92 Å². The Kier molecular flexibility index (Phi) is 2.98. The SMILES string of the molecule is O=C(c1cc([N+](=O)[O-])c[nH]1)N1CC2CCCNC2C1. The third-order valence-electron chi connectivity index (χ3n) is 4.00. The predicted octanol–water partition coefficient (Wildman–Crippen LogP) is 0.747. The van der Waals surface area contributed by atoms with Crippen molar-refractivity contribution in [1.82, 2.24) is 15.2 Å². The number of nitrogens with one attached hydrogen (secondary N) is 2. The molecule has 0 aromatic carbocycles. The molecule has 0 spiro atoms. The summed E-state index contributed by atoms with van der Waals surface area (Å²) in [6.07, 6.45) is 3.55. The molecule has 102 valence electrons. The van der Waals surface area contributed by atoms with Gasteiger partial charge in [0.2, 0.25) is 0 Å². The first-order chi connectivity index (χ1) is 9.15. The molecule has 2 fully saturated rings. The molecule has 0 bridgehead atoms. The van der Waals surface area contributed by atoms with Gasteiger partial charge in [0.1, 0.15) is 5.69 Å². The molecule has 19 heavy (non-hydrogen) atoms. The Hall–Kier alpha value is -1.89. The smallest absolute Gasteiger partial charge is 0.287 e. The standard InChI is InChI=1S/C12H16N4O3/c17-12(10-4-9(5-14-10)16(18)19)15-6-8-2-1-3-13-11(8)7-15/h4-5,8,11,13-14H,1-3,6-7H2. The molecule has 7 nitrogen and oxygen atoms in total. The lowest BCUT2D eigenvalue weighted by molar-refractivity contribution is -0.384. The number of nitro groups is 1. The van der Waals surface area contributed by atoms with Gasteiger partial charge in [-0.1, -0.05) is 0 Å². The second kappa shape index (κ2) is 4.65. The van der Waals surface area contributed by atoms with E-state index >= 15 is 0 Å². The largest absolute Gasteiger partial charge is 0.351 e. The van der Waals surface area contributed by atoms with Crippen molar-refractivity contribution in [3.8, 4) is 0 Å². The quantitative estimate of drug-likeness (QED) is 0.609. The minimum Gasteiger partial charge on any atom is -0.351 e. The van der Waals surface area contributed by atoms with Crippen molar-refractivity contribution in [2.45, 2.75) is 18.9 Å². The second-order valence-corrected chi connectivity index (χ2v) is 5.20. The lowest BCUT2D eigenvalue weighted by Crippen LogP contribution is -2.41. The molecule has 7 heteroatoms. The highest BCUT2D eigenvalue weighted by atomic mass is 16.6. The van der Waals surface area contributed by atoms with E-state index in [9.17, 15) is 14.9 Å². The van der Waals surface area contributed by atoms with Crippen LogP contribution in [0.4, 0.5) is 5.69 Å². The predicted molar refractivity (Wildman–Crippen MR) is 67.9 cm³/mol. The molecule has 0 saturated carbocycles. The molecule has 2 aliphatic heterocycles. The minimum atomic E-state index is -0.501. The fourth-order valence-electron chi connectivity index (χ4n) is 2.99. The summed E-state index contributed by atoms with van der Waals surface area (Å²) >= 11 is 0. The van der Waals surface area contributed by atoms with Gasteiger partial charge in [0, 0.05) is 25.2 Å². The van der Waals surface area contributed by atoms with Crippen LogP contribution in [-0.2, 0) is 0 Å². The van der Waals surface area contributed by atoms with E-state index in [1.165, 1.54) is 12.3 Å². The van der Waals surface area contributed by atoms with Crippen LogP contribution in [0.3, 0.4) is 0 Å². The first kappa shape index (κ1) is 12.2. The van der Waals surface area contributed by atoms with E-state index in [2.05, 4.69) is 10.3 Å². The zero-order valence-electron chi connectivity index (χ0n) is 10.5. The van der Waals surface area contributed by atoms with Gasteiger partial charge in [-0.25, -0.2) is 0 Å². The molecule has 2 unspecified atom stereocenters. The fraction of sp³-hybridized carbons (Fsp3) is 0.583. The van der Waals surface area contributed by atoms with Crippen molar-refractivity contribution in [3.05, 3.63) is 28.1 Å². The van der Waals surface area contributed by atoms with E-state index in [0.29, 0.717) is 24.2 Å². The van der Waals surface area contributed by atoms with Crippen LogP contribution >= 0.6 is 0 Å². The third-order valence-corrected chi connectivity index (χ3v) is 4.00. The number of hydrogen-bond acceptors (Lipinski definition) is 4. The van der Waals surface area contributed by atoms with Gasteiger partial charge in [0.25, 0.3) is 11.6 Å². The monoisotopic (exact) mass is 264 g/mol. The summed E-state index contributed by atoms with van der Waals surface area (Å²) in [5.41, 5.74) is 0.225. The van der Waals surface area contributed by atoms with Crippen molar-refractivity contribution in [2.75, 3.05) is 19.6 Å². The summed E-state index contributed by atoms with van der Waals surface area (Å²) in [5, 5.41) is 14.0.